The molecule has 2 N–H and O–H groups in total. The largest absolute Gasteiger partial charge is 0.393 e. The molecular formula is C27H41F2NO3. The second kappa shape index (κ2) is 10.3. The zero-order valence-electron chi connectivity index (χ0n) is 20.2. The highest BCUT2D eigenvalue weighted by Crippen LogP contribution is 2.59. The molecule has 0 spiro atoms. The highest BCUT2D eigenvalue weighted by Gasteiger charge is 2.50. The van der Waals surface area contributed by atoms with Crippen LogP contribution < -0.4 is 0 Å². The zero-order valence-corrected chi connectivity index (χ0v) is 20.2. The lowest BCUT2D eigenvalue weighted by Crippen LogP contribution is -2.48. The van der Waals surface area contributed by atoms with Crippen molar-refractivity contribution in [2.75, 3.05) is 26.2 Å². The quantitative estimate of drug-likeness (QED) is 0.616. The van der Waals surface area contributed by atoms with Crippen molar-refractivity contribution >= 4 is 0 Å². The molecule has 4 rings (SSSR count). The van der Waals surface area contributed by atoms with Crippen LogP contribution in [0.25, 0.3) is 0 Å². The molecule has 6 heteroatoms. The standard InChI is InChI=1S/C27H41F2NO3/c1-17(15-30-11-12-33-25(16-30)26(28)29)22-8-9-23-19(5-4-10-27(22,23)3)6-7-20-13-21(31)14-24(32)18(20)2/h6-7,17,21-26,31-32H,2,4-5,8-16H2,1,3H3/b19-6+,20-7-/t17?,21-,22-,23+,24+,25-,27-/m1/s1. The van der Waals surface area contributed by atoms with E-state index in [4.69, 9.17) is 4.74 Å². The van der Waals surface area contributed by atoms with Gasteiger partial charge < -0.3 is 14.9 Å². The molecule has 4 nitrogen and oxygen atoms in total. The number of aliphatic hydroxyl groups excluding tert-OH is 2. The normalized spacial score (nSPS) is 41.7. The van der Waals surface area contributed by atoms with E-state index in [2.05, 4.69) is 37.5 Å². The lowest BCUT2D eigenvalue weighted by molar-refractivity contribution is -0.106. The molecule has 0 bridgehead atoms. The van der Waals surface area contributed by atoms with Crippen LogP contribution in [0.1, 0.15) is 58.8 Å². The Bertz CT molecular complexity index is 781. The molecule has 0 amide bonds. The minimum Gasteiger partial charge on any atom is -0.393 e. The van der Waals surface area contributed by atoms with Crippen LogP contribution in [0.15, 0.2) is 35.5 Å². The van der Waals surface area contributed by atoms with Crippen molar-refractivity contribution in [1.82, 2.24) is 4.90 Å². The summed E-state index contributed by atoms with van der Waals surface area (Å²) in [6, 6.07) is 0. The summed E-state index contributed by atoms with van der Waals surface area (Å²) in [5.74, 6) is 1.58. The van der Waals surface area contributed by atoms with E-state index < -0.39 is 24.7 Å². The maximum absolute atomic E-state index is 13.1. The third kappa shape index (κ3) is 5.29. The molecule has 1 unspecified atom stereocenters. The van der Waals surface area contributed by atoms with Crippen molar-refractivity contribution in [1.29, 1.82) is 0 Å². The Morgan fingerprint density at radius 2 is 2.06 bits per heavy atom. The van der Waals surface area contributed by atoms with Gasteiger partial charge in [-0.05, 0) is 72.8 Å². The van der Waals surface area contributed by atoms with Crippen molar-refractivity contribution in [3.05, 3.63) is 35.5 Å². The number of aliphatic hydroxyl groups is 2. The lowest BCUT2D eigenvalue weighted by atomic mass is 9.61. The van der Waals surface area contributed by atoms with Gasteiger partial charge in [0.1, 0.15) is 6.10 Å². The van der Waals surface area contributed by atoms with E-state index in [-0.39, 0.29) is 5.41 Å². The van der Waals surface area contributed by atoms with Crippen LogP contribution in [0.3, 0.4) is 0 Å². The summed E-state index contributed by atoms with van der Waals surface area (Å²) in [5, 5.41) is 20.2. The van der Waals surface area contributed by atoms with E-state index >= 15 is 0 Å². The fraction of sp³-hybridized carbons (Fsp3) is 0.778. The van der Waals surface area contributed by atoms with Gasteiger partial charge in [0.2, 0.25) is 0 Å². The van der Waals surface area contributed by atoms with Crippen molar-refractivity contribution < 1.29 is 23.7 Å². The van der Waals surface area contributed by atoms with Crippen LogP contribution in [0.4, 0.5) is 8.78 Å². The minimum absolute atomic E-state index is 0.235. The van der Waals surface area contributed by atoms with Crippen molar-refractivity contribution in [2.45, 2.75) is 83.5 Å². The number of fused-ring (bicyclic) bond motifs is 1. The van der Waals surface area contributed by atoms with Crippen LogP contribution in [-0.2, 0) is 4.74 Å². The first-order valence-corrected chi connectivity index (χ1v) is 12.8. The van der Waals surface area contributed by atoms with E-state index in [0.29, 0.717) is 43.7 Å². The Kier molecular flexibility index (Phi) is 7.79. The maximum atomic E-state index is 13.1. The maximum Gasteiger partial charge on any atom is 0.265 e. The van der Waals surface area contributed by atoms with Gasteiger partial charge in [0, 0.05) is 26.1 Å². The van der Waals surface area contributed by atoms with E-state index in [1.807, 2.05) is 0 Å². The summed E-state index contributed by atoms with van der Waals surface area (Å²) in [5.41, 5.74) is 3.42. The number of halogens is 2. The number of hydrogen-bond donors (Lipinski definition) is 2. The molecule has 0 aromatic rings. The van der Waals surface area contributed by atoms with Gasteiger partial charge in [0.25, 0.3) is 6.43 Å². The number of rotatable bonds is 5. The van der Waals surface area contributed by atoms with Gasteiger partial charge in [0.05, 0.1) is 18.8 Å². The summed E-state index contributed by atoms with van der Waals surface area (Å²) in [6.07, 6.45) is 6.57. The molecule has 7 atom stereocenters. The Balaban J connectivity index is 1.44. The van der Waals surface area contributed by atoms with Crippen LogP contribution in [0, 0.1) is 23.2 Å². The lowest BCUT2D eigenvalue weighted by Gasteiger charge is -2.45. The molecule has 0 aromatic heterocycles. The average Bonchev–Trinajstić information content (AvgIpc) is 3.13. The number of hydrogen-bond acceptors (Lipinski definition) is 4. The number of morpholine rings is 1. The van der Waals surface area contributed by atoms with Gasteiger partial charge in [-0.3, -0.25) is 4.90 Å². The third-order valence-corrected chi connectivity index (χ3v) is 8.99. The van der Waals surface area contributed by atoms with Crippen LogP contribution in [0.5, 0.6) is 0 Å². The van der Waals surface area contributed by atoms with Gasteiger partial charge in [-0.2, -0.15) is 0 Å². The molecular weight excluding hydrogens is 424 g/mol. The topological polar surface area (TPSA) is 52.9 Å². The predicted octanol–water partition coefficient (Wildman–Crippen LogP) is 4.73. The third-order valence-electron chi connectivity index (χ3n) is 8.99. The average molecular weight is 466 g/mol. The summed E-state index contributed by atoms with van der Waals surface area (Å²) in [6.45, 7) is 11.1. The van der Waals surface area contributed by atoms with Crippen molar-refractivity contribution in [2.24, 2.45) is 23.2 Å². The van der Waals surface area contributed by atoms with Gasteiger partial charge in [0.15, 0.2) is 0 Å². The molecule has 0 radical (unpaired) electrons. The van der Waals surface area contributed by atoms with E-state index in [1.54, 1.807) is 0 Å². The summed E-state index contributed by atoms with van der Waals surface area (Å²) < 4.78 is 31.5. The summed E-state index contributed by atoms with van der Waals surface area (Å²) in [7, 11) is 0. The summed E-state index contributed by atoms with van der Waals surface area (Å²) in [4.78, 5) is 2.18. The first kappa shape index (κ1) is 25.0. The molecule has 4 fully saturated rings. The minimum atomic E-state index is -2.42. The molecule has 1 saturated heterocycles. The van der Waals surface area contributed by atoms with Crippen molar-refractivity contribution in [3.63, 3.8) is 0 Å². The molecule has 1 heterocycles. The molecule has 1 aliphatic heterocycles. The number of ether oxygens (including phenoxy) is 1. The van der Waals surface area contributed by atoms with E-state index in [0.717, 1.165) is 30.7 Å². The first-order valence-electron chi connectivity index (χ1n) is 12.8. The van der Waals surface area contributed by atoms with Gasteiger partial charge in [-0.1, -0.05) is 38.2 Å². The molecule has 4 aliphatic rings. The Morgan fingerprint density at radius 3 is 2.82 bits per heavy atom. The fourth-order valence-corrected chi connectivity index (χ4v) is 7.26. The number of alkyl halides is 2. The van der Waals surface area contributed by atoms with Crippen LogP contribution in [-0.4, -0.2) is 66.1 Å². The van der Waals surface area contributed by atoms with Crippen LogP contribution in [0.2, 0.25) is 0 Å². The van der Waals surface area contributed by atoms with Crippen molar-refractivity contribution in [3.8, 4) is 0 Å². The highest BCUT2D eigenvalue weighted by molar-refractivity contribution is 5.38. The summed E-state index contributed by atoms with van der Waals surface area (Å²) >= 11 is 0. The monoisotopic (exact) mass is 465 g/mol. The number of allylic oxidation sites excluding steroid dienone is 3. The fourth-order valence-electron chi connectivity index (χ4n) is 7.26. The SMILES string of the molecule is C=C1/C(=C\C=C2/CCC[C@]3(C)[C@@H](C(C)CN4CCO[C@@H](C(F)F)C4)CC[C@@H]23)C[C@@H](O)C[C@@H]1O. The highest BCUT2D eigenvalue weighted by atomic mass is 19.3. The second-order valence-electron chi connectivity index (χ2n) is 11.1. The Morgan fingerprint density at radius 1 is 1.27 bits per heavy atom. The smallest absolute Gasteiger partial charge is 0.265 e. The van der Waals surface area contributed by atoms with E-state index in [1.165, 1.54) is 31.3 Å². The van der Waals surface area contributed by atoms with Gasteiger partial charge in [-0.15, -0.1) is 0 Å². The van der Waals surface area contributed by atoms with E-state index in [9.17, 15) is 19.0 Å². The molecule has 3 aliphatic carbocycles. The Labute approximate surface area is 197 Å². The molecule has 0 aromatic carbocycles. The first-order chi connectivity index (χ1) is 15.7. The molecule has 3 saturated carbocycles. The molecule has 33 heavy (non-hydrogen) atoms. The Hall–Kier alpha value is -1.08. The zero-order chi connectivity index (χ0) is 23.8. The number of nitrogens with zero attached hydrogens (tertiary/aromatic N) is 1. The van der Waals surface area contributed by atoms with Crippen LogP contribution >= 0.6 is 0 Å². The van der Waals surface area contributed by atoms with Gasteiger partial charge in [-0.25, -0.2) is 8.78 Å². The second-order valence-corrected chi connectivity index (χ2v) is 11.1. The van der Waals surface area contributed by atoms with Gasteiger partial charge >= 0.3 is 0 Å². The predicted molar refractivity (Wildman–Crippen MR) is 126 cm³/mol. The molecule has 186 valence electrons.